The molecule has 0 bridgehead atoms. The minimum absolute atomic E-state index is 0. The molecule has 1 heterocycles. The van der Waals surface area contributed by atoms with E-state index in [4.69, 9.17) is 5.39 Å². The molecule has 15 heavy (non-hydrogen) atoms. The van der Waals surface area contributed by atoms with Crippen LogP contribution in [0, 0.1) is 5.39 Å². The molecular weight excluding hydrogens is 214 g/mol. The van der Waals surface area contributed by atoms with Gasteiger partial charge in [0, 0.05) is 12.1 Å². The van der Waals surface area contributed by atoms with Crippen molar-refractivity contribution in [3.63, 3.8) is 0 Å². The fourth-order valence-corrected chi connectivity index (χ4v) is 1.16. The third kappa shape index (κ3) is 2.76. The highest BCUT2D eigenvalue weighted by Gasteiger charge is 2.03. The van der Waals surface area contributed by atoms with E-state index in [0.29, 0.717) is 12.2 Å². The van der Waals surface area contributed by atoms with Gasteiger partial charge in [-0.3, -0.25) is 0 Å². The molecule has 1 aromatic carbocycles. The van der Waals surface area contributed by atoms with E-state index in [1.165, 1.54) is 0 Å². The predicted octanol–water partition coefficient (Wildman–Crippen LogP) is -1.19. The zero-order chi connectivity index (χ0) is 9.80. The second-order valence-corrected chi connectivity index (χ2v) is 2.83. The van der Waals surface area contributed by atoms with Crippen molar-refractivity contribution in [1.29, 1.82) is 5.39 Å². The highest BCUT2D eigenvalue weighted by atomic mass is 35.5. The lowest BCUT2D eigenvalue weighted by molar-refractivity contribution is -0.00000325. The quantitative estimate of drug-likeness (QED) is 0.600. The molecule has 0 spiro atoms. The van der Waals surface area contributed by atoms with Gasteiger partial charge in [-0.1, -0.05) is 0 Å². The molecule has 0 saturated carbocycles. The highest BCUT2D eigenvalue weighted by Crippen LogP contribution is 2.12. The Morgan fingerprint density at radius 2 is 1.73 bits per heavy atom. The van der Waals surface area contributed by atoms with Crippen molar-refractivity contribution in [2.45, 2.75) is 6.54 Å². The van der Waals surface area contributed by atoms with Gasteiger partial charge in [-0.15, -0.1) is 0 Å². The smallest absolute Gasteiger partial charge is 0.385 e. The molecule has 0 amide bonds. The SMILES string of the molecule is N#[N+]c1ccc(Cn2nccn2)cc1.[Cl-]. The third-order valence-corrected chi connectivity index (χ3v) is 1.84. The van der Waals surface area contributed by atoms with Gasteiger partial charge in [0.15, 0.2) is 4.98 Å². The zero-order valence-electron chi connectivity index (χ0n) is 7.79. The van der Waals surface area contributed by atoms with Gasteiger partial charge >= 0.3 is 5.69 Å². The normalized spacial score (nSPS) is 9.00. The van der Waals surface area contributed by atoms with Gasteiger partial charge in [-0.05, 0) is 17.7 Å². The van der Waals surface area contributed by atoms with Crippen molar-refractivity contribution in [2.24, 2.45) is 0 Å². The molecular formula is C9H8ClN5. The van der Waals surface area contributed by atoms with Crippen LogP contribution < -0.4 is 12.4 Å². The van der Waals surface area contributed by atoms with E-state index in [9.17, 15) is 0 Å². The molecule has 5 nitrogen and oxygen atoms in total. The molecule has 2 rings (SSSR count). The van der Waals surface area contributed by atoms with Crippen LogP contribution in [0.1, 0.15) is 5.56 Å². The Morgan fingerprint density at radius 1 is 1.13 bits per heavy atom. The summed E-state index contributed by atoms with van der Waals surface area (Å²) in [5, 5.41) is 16.5. The number of benzene rings is 1. The van der Waals surface area contributed by atoms with Gasteiger partial charge in [0.05, 0.1) is 18.9 Å². The van der Waals surface area contributed by atoms with Gasteiger partial charge in [0.25, 0.3) is 0 Å². The lowest BCUT2D eigenvalue weighted by atomic mass is 10.2. The van der Waals surface area contributed by atoms with Crippen molar-refractivity contribution in [3.8, 4) is 0 Å². The Balaban J connectivity index is 0.00000112. The van der Waals surface area contributed by atoms with Gasteiger partial charge in [0.1, 0.15) is 0 Å². The number of aromatic nitrogens is 3. The summed E-state index contributed by atoms with van der Waals surface area (Å²) in [6, 6.07) is 7.22. The highest BCUT2D eigenvalue weighted by molar-refractivity contribution is 5.44. The van der Waals surface area contributed by atoms with E-state index in [1.54, 1.807) is 29.3 Å². The van der Waals surface area contributed by atoms with Gasteiger partial charge in [-0.25, -0.2) is 0 Å². The summed E-state index contributed by atoms with van der Waals surface area (Å²) in [6.07, 6.45) is 3.27. The lowest BCUT2D eigenvalue weighted by Gasteiger charge is -1.97. The monoisotopic (exact) mass is 221 g/mol. The van der Waals surface area contributed by atoms with Gasteiger partial charge in [0.2, 0.25) is 5.39 Å². The average Bonchev–Trinajstić information content (AvgIpc) is 2.72. The second kappa shape index (κ2) is 5.08. The van der Waals surface area contributed by atoms with Crippen LogP contribution in [0.3, 0.4) is 0 Å². The Morgan fingerprint density at radius 3 is 2.27 bits per heavy atom. The molecule has 0 unspecified atom stereocenters. The molecule has 0 radical (unpaired) electrons. The van der Waals surface area contributed by atoms with E-state index < -0.39 is 0 Å². The maximum absolute atomic E-state index is 8.48. The van der Waals surface area contributed by atoms with Crippen molar-refractivity contribution in [2.75, 3.05) is 0 Å². The number of halogens is 1. The summed E-state index contributed by atoms with van der Waals surface area (Å²) in [5.74, 6) is 0. The molecule has 1 aromatic heterocycles. The standard InChI is InChI=1S/C9H8N5.ClH/c10-13-9-3-1-8(2-4-9)7-14-11-5-6-12-14;/h1-6H,7H2;1H/q+1;/p-1. The van der Waals surface area contributed by atoms with E-state index in [0.717, 1.165) is 5.56 Å². The van der Waals surface area contributed by atoms with Crippen LogP contribution in [0.4, 0.5) is 5.69 Å². The number of hydrogen-bond acceptors (Lipinski definition) is 3. The van der Waals surface area contributed by atoms with Crippen molar-refractivity contribution in [3.05, 3.63) is 47.2 Å². The Kier molecular flexibility index (Phi) is 3.77. The van der Waals surface area contributed by atoms with Crippen molar-refractivity contribution < 1.29 is 12.4 Å². The van der Waals surface area contributed by atoms with Gasteiger partial charge in [-0.2, -0.15) is 15.0 Å². The third-order valence-electron chi connectivity index (χ3n) is 1.84. The first-order valence-corrected chi connectivity index (χ1v) is 4.16. The van der Waals surface area contributed by atoms with Crippen LogP contribution in [0.15, 0.2) is 36.7 Å². The summed E-state index contributed by atoms with van der Waals surface area (Å²) in [6.45, 7) is 0.624. The minimum Gasteiger partial charge on any atom is -1.00 e. The maximum Gasteiger partial charge on any atom is 0.385 e. The summed E-state index contributed by atoms with van der Waals surface area (Å²) < 4.78 is 0. The second-order valence-electron chi connectivity index (χ2n) is 2.83. The number of hydrogen-bond donors (Lipinski definition) is 0. The van der Waals surface area contributed by atoms with Crippen molar-refractivity contribution >= 4 is 5.69 Å². The number of nitrogens with zero attached hydrogens (tertiary/aromatic N) is 5. The summed E-state index contributed by atoms with van der Waals surface area (Å²) >= 11 is 0. The van der Waals surface area contributed by atoms with E-state index in [2.05, 4.69) is 15.2 Å². The first kappa shape index (κ1) is 11.1. The first-order valence-electron chi connectivity index (χ1n) is 4.16. The minimum atomic E-state index is 0. The molecule has 0 atom stereocenters. The number of diazo groups is 1. The Labute approximate surface area is 92.8 Å². The maximum atomic E-state index is 8.48. The van der Waals surface area contributed by atoms with Crippen LogP contribution in [0.2, 0.25) is 0 Å². The Bertz CT molecular complexity index is 442. The fraction of sp³-hybridized carbons (Fsp3) is 0.111. The molecule has 0 fully saturated rings. The van der Waals surface area contributed by atoms with Crippen molar-refractivity contribution in [1.82, 2.24) is 15.0 Å². The van der Waals surface area contributed by atoms with Crippen LogP contribution in [-0.2, 0) is 6.54 Å². The molecule has 0 aliphatic rings. The summed E-state index contributed by atoms with van der Waals surface area (Å²) in [7, 11) is 0. The molecule has 0 aliphatic carbocycles. The van der Waals surface area contributed by atoms with Crippen LogP contribution in [0.25, 0.3) is 4.98 Å². The molecule has 2 aromatic rings. The molecule has 76 valence electrons. The van der Waals surface area contributed by atoms with E-state index in [1.807, 2.05) is 12.1 Å². The largest absolute Gasteiger partial charge is 1.00 e. The van der Waals surface area contributed by atoms with Gasteiger partial charge < -0.3 is 12.4 Å². The van der Waals surface area contributed by atoms with Crippen LogP contribution in [-0.4, -0.2) is 15.0 Å². The fourth-order valence-electron chi connectivity index (χ4n) is 1.16. The average molecular weight is 222 g/mol. The first-order chi connectivity index (χ1) is 6.88. The molecule has 0 saturated heterocycles. The lowest BCUT2D eigenvalue weighted by Crippen LogP contribution is -3.00. The predicted molar refractivity (Wildman–Crippen MR) is 50.3 cm³/mol. The van der Waals surface area contributed by atoms with Crippen LogP contribution >= 0.6 is 0 Å². The zero-order valence-corrected chi connectivity index (χ0v) is 8.54. The van der Waals surface area contributed by atoms with E-state index >= 15 is 0 Å². The molecule has 6 heteroatoms. The topological polar surface area (TPSA) is 58.9 Å². The van der Waals surface area contributed by atoms with E-state index in [-0.39, 0.29) is 12.4 Å². The summed E-state index contributed by atoms with van der Waals surface area (Å²) in [4.78, 5) is 4.66. The summed E-state index contributed by atoms with van der Waals surface area (Å²) in [5.41, 5.74) is 1.61. The molecule has 0 N–H and O–H groups in total. The number of rotatable bonds is 2. The molecule has 0 aliphatic heterocycles. The Hall–Kier alpha value is -1.93. The van der Waals surface area contributed by atoms with Crippen LogP contribution in [0.5, 0.6) is 0 Å².